The van der Waals surface area contributed by atoms with Crippen LogP contribution in [-0.2, 0) is 30.3 Å². The molecule has 2 aromatic rings. The van der Waals surface area contributed by atoms with E-state index >= 15 is 0 Å². The number of rotatable bonds is 5. The number of piperazine rings is 1. The second-order valence-electron chi connectivity index (χ2n) is 12.9. The lowest BCUT2D eigenvalue weighted by Crippen LogP contribution is -2.69. The molecule has 6 aliphatic rings. The van der Waals surface area contributed by atoms with Gasteiger partial charge in [-0.05, 0) is 44.9 Å². The van der Waals surface area contributed by atoms with Crippen LogP contribution in [0.1, 0.15) is 77.4 Å². The molecule has 48 heavy (non-hydrogen) atoms. The molecule has 2 N–H and O–H groups in total. The highest BCUT2D eigenvalue weighted by atomic mass is 32.2. The standard InChI is InChI=1S/C34H40N2O11S/c1-7-8-21(38)47-20-12-48-32-24-23(31-30(44-13-45-31)15(3)29(24)46-16(4)37)19(11-43-34(20)41)36-26(32)25-22-17(10-18(33(36)40)35(25)5)9-14(2)28(42-6)27(22)39/h9,18-20,25-26,32-33,39-40H,7-8,10-13H2,1-6H3/t18-,19-,20-,25+,26?,32+,33-/m0/s1. The van der Waals surface area contributed by atoms with Gasteiger partial charge in [0.05, 0.1) is 30.5 Å². The Morgan fingerprint density at radius 1 is 1.10 bits per heavy atom. The zero-order valence-electron chi connectivity index (χ0n) is 27.7. The summed E-state index contributed by atoms with van der Waals surface area (Å²) in [7, 11) is 3.44. The molecule has 0 saturated carbocycles. The average Bonchev–Trinajstić information content (AvgIpc) is 3.53. The summed E-state index contributed by atoms with van der Waals surface area (Å²) in [6.07, 6.45) is -1.08. The van der Waals surface area contributed by atoms with E-state index in [2.05, 4.69) is 4.90 Å². The minimum absolute atomic E-state index is 0.0203. The van der Waals surface area contributed by atoms with Crippen LogP contribution in [0.2, 0.25) is 0 Å². The van der Waals surface area contributed by atoms with E-state index in [1.807, 2.05) is 31.9 Å². The number of benzene rings is 2. The van der Waals surface area contributed by atoms with E-state index in [1.165, 1.54) is 25.8 Å². The summed E-state index contributed by atoms with van der Waals surface area (Å²) in [5, 5.41) is 23.5. The topological polar surface area (TPSA) is 154 Å². The quantitative estimate of drug-likeness (QED) is 0.350. The van der Waals surface area contributed by atoms with E-state index in [4.69, 9.17) is 28.4 Å². The van der Waals surface area contributed by atoms with Crippen LogP contribution in [0.5, 0.6) is 28.7 Å². The number of ether oxygens (including phenoxy) is 6. The van der Waals surface area contributed by atoms with Crippen LogP contribution < -0.4 is 18.9 Å². The number of aliphatic hydroxyl groups excluding tert-OH is 1. The summed E-state index contributed by atoms with van der Waals surface area (Å²) in [4.78, 5) is 42.8. The molecule has 7 atom stereocenters. The number of carbonyl (C=O) groups is 3. The third kappa shape index (κ3) is 4.90. The number of carbonyl (C=O) groups excluding carboxylic acids is 3. The Balaban J connectivity index is 1.49. The molecule has 2 saturated heterocycles. The number of aliphatic hydroxyl groups is 1. The van der Waals surface area contributed by atoms with Crippen LogP contribution in [0, 0.1) is 13.8 Å². The predicted molar refractivity (Wildman–Crippen MR) is 171 cm³/mol. The van der Waals surface area contributed by atoms with Crippen molar-refractivity contribution >= 4 is 29.7 Å². The van der Waals surface area contributed by atoms with Crippen LogP contribution in [-0.4, -0.2) is 95.6 Å². The Labute approximate surface area is 282 Å². The smallest absolute Gasteiger partial charge is 0.348 e. The number of phenolic OH excluding ortho intramolecular Hbond substituents is 1. The largest absolute Gasteiger partial charge is 0.504 e. The lowest BCUT2D eigenvalue weighted by atomic mass is 9.73. The first-order valence-electron chi connectivity index (χ1n) is 16.2. The summed E-state index contributed by atoms with van der Waals surface area (Å²) in [5.41, 5.74) is 4.16. The van der Waals surface area contributed by atoms with Gasteiger partial charge in [-0.25, -0.2) is 4.79 Å². The van der Waals surface area contributed by atoms with E-state index < -0.39 is 53.6 Å². The van der Waals surface area contributed by atoms with Crippen molar-refractivity contribution in [1.29, 1.82) is 0 Å². The Bertz CT molecular complexity index is 1700. The molecular formula is C34H40N2O11S. The van der Waals surface area contributed by atoms with Crippen molar-refractivity contribution < 1.29 is 53.0 Å². The van der Waals surface area contributed by atoms with E-state index in [-0.39, 0.29) is 37.4 Å². The van der Waals surface area contributed by atoms with Gasteiger partial charge >= 0.3 is 17.9 Å². The van der Waals surface area contributed by atoms with Crippen molar-refractivity contribution in [1.82, 2.24) is 9.80 Å². The summed E-state index contributed by atoms with van der Waals surface area (Å²) in [5.74, 6) is -0.160. The lowest BCUT2D eigenvalue weighted by Gasteiger charge is -2.62. The number of thioether (sulfide) groups is 1. The summed E-state index contributed by atoms with van der Waals surface area (Å²) in [6, 6.07) is -0.229. The van der Waals surface area contributed by atoms with Gasteiger partial charge in [0.1, 0.15) is 18.6 Å². The lowest BCUT2D eigenvalue weighted by molar-refractivity contribution is -0.188. The number of aromatic hydroxyl groups is 1. The summed E-state index contributed by atoms with van der Waals surface area (Å²) in [6.45, 7) is 6.55. The van der Waals surface area contributed by atoms with Crippen molar-refractivity contribution in [2.75, 3.05) is 33.3 Å². The highest BCUT2D eigenvalue weighted by molar-refractivity contribution is 7.99. The second kappa shape index (κ2) is 12.3. The Kier molecular flexibility index (Phi) is 8.41. The Morgan fingerprint density at radius 3 is 2.56 bits per heavy atom. The molecule has 4 bridgehead atoms. The first-order chi connectivity index (χ1) is 23.0. The average molecular weight is 685 g/mol. The highest BCUT2D eigenvalue weighted by Crippen LogP contribution is 2.63. The van der Waals surface area contributed by atoms with Gasteiger partial charge in [0.15, 0.2) is 23.0 Å². The third-order valence-corrected chi connectivity index (χ3v) is 11.6. The fourth-order valence-electron chi connectivity index (χ4n) is 8.26. The molecule has 14 heteroatoms. The molecule has 2 aromatic carbocycles. The fourth-order valence-corrected chi connectivity index (χ4v) is 9.74. The van der Waals surface area contributed by atoms with E-state index in [0.717, 1.165) is 11.1 Å². The maximum atomic E-state index is 13.5. The van der Waals surface area contributed by atoms with Gasteiger partial charge in [0.2, 0.25) is 12.9 Å². The van der Waals surface area contributed by atoms with Gasteiger partial charge in [-0.1, -0.05) is 13.0 Å². The SMILES string of the molecule is CCCC(=O)O[C@H]1CS[C@@H]2c3c(OC(C)=O)c(C)c4c(c3[C@H](COC1=O)N1C2[C@H]2c3c(cc(C)c(OC)c3O)C[C@@H]([C@@H]1O)N2C)OCO4. The molecule has 8 rings (SSSR count). The summed E-state index contributed by atoms with van der Waals surface area (Å²) >= 11 is 1.34. The number of hydrogen-bond acceptors (Lipinski definition) is 14. The Morgan fingerprint density at radius 2 is 1.85 bits per heavy atom. The van der Waals surface area contributed by atoms with Crippen molar-refractivity contribution in [2.45, 2.75) is 88.7 Å². The number of methoxy groups -OCH3 is 1. The van der Waals surface area contributed by atoms with Gasteiger partial charge in [-0.15, -0.1) is 11.8 Å². The minimum Gasteiger partial charge on any atom is -0.504 e. The van der Waals surface area contributed by atoms with Gasteiger partial charge in [0, 0.05) is 47.4 Å². The van der Waals surface area contributed by atoms with Crippen LogP contribution in [0.4, 0.5) is 0 Å². The van der Waals surface area contributed by atoms with Gasteiger partial charge < -0.3 is 38.6 Å². The Hall–Kier alpha value is -3.72. The van der Waals surface area contributed by atoms with E-state index in [9.17, 15) is 24.6 Å². The normalized spacial score (nSPS) is 28.9. The number of likely N-dealkylation sites (N-methyl/N-ethyl adjacent to an activating group) is 1. The van der Waals surface area contributed by atoms with Crippen molar-refractivity contribution in [2.24, 2.45) is 0 Å². The molecule has 258 valence electrons. The molecule has 0 amide bonds. The molecule has 1 unspecified atom stereocenters. The first-order valence-corrected chi connectivity index (χ1v) is 17.2. The van der Waals surface area contributed by atoms with Gasteiger partial charge in [-0.3, -0.25) is 19.4 Å². The molecule has 6 aliphatic heterocycles. The number of fused-ring (bicyclic) bond motifs is 10. The fraction of sp³-hybridized carbons (Fsp3) is 0.559. The monoisotopic (exact) mass is 684 g/mol. The number of aryl methyl sites for hydroxylation is 1. The van der Waals surface area contributed by atoms with Gasteiger partial charge in [-0.2, -0.15) is 0 Å². The number of phenols is 1. The maximum Gasteiger partial charge on any atom is 0.348 e. The van der Waals surface area contributed by atoms with Crippen molar-refractivity contribution in [3.8, 4) is 28.7 Å². The van der Waals surface area contributed by atoms with Crippen molar-refractivity contribution in [3.63, 3.8) is 0 Å². The number of nitrogens with zero attached hydrogens (tertiary/aromatic N) is 2. The highest BCUT2D eigenvalue weighted by Gasteiger charge is 2.60. The van der Waals surface area contributed by atoms with Crippen molar-refractivity contribution in [3.05, 3.63) is 39.4 Å². The van der Waals surface area contributed by atoms with E-state index in [1.54, 1.807) is 6.92 Å². The zero-order valence-corrected chi connectivity index (χ0v) is 28.5. The number of hydrogen-bond donors (Lipinski definition) is 2. The van der Waals surface area contributed by atoms with Crippen LogP contribution in [0.25, 0.3) is 0 Å². The van der Waals surface area contributed by atoms with E-state index in [0.29, 0.717) is 58.1 Å². The van der Waals surface area contributed by atoms with Crippen LogP contribution in [0.3, 0.4) is 0 Å². The molecule has 2 fully saturated rings. The van der Waals surface area contributed by atoms with Crippen LogP contribution in [0.15, 0.2) is 6.07 Å². The molecule has 0 radical (unpaired) electrons. The van der Waals surface area contributed by atoms with Crippen LogP contribution >= 0.6 is 11.8 Å². The molecule has 0 aromatic heterocycles. The molecule has 0 spiro atoms. The summed E-state index contributed by atoms with van der Waals surface area (Å²) < 4.78 is 35.2. The number of esters is 3. The predicted octanol–water partition coefficient (Wildman–Crippen LogP) is 3.37. The zero-order chi connectivity index (χ0) is 34.2. The second-order valence-corrected chi connectivity index (χ2v) is 14.1. The molecular weight excluding hydrogens is 644 g/mol. The van der Waals surface area contributed by atoms with Gasteiger partial charge in [0.25, 0.3) is 0 Å². The molecule has 6 heterocycles. The maximum absolute atomic E-state index is 13.5. The third-order valence-electron chi connectivity index (χ3n) is 10.2. The minimum atomic E-state index is -1.19. The molecule has 0 aliphatic carbocycles. The first kappa shape index (κ1) is 32.8. The molecule has 13 nitrogen and oxygen atoms in total.